The van der Waals surface area contributed by atoms with E-state index in [4.69, 9.17) is 0 Å². The van der Waals surface area contributed by atoms with E-state index in [1.807, 2.05) is 0 Å². The van der Waals surface area contributed by atoms with Crippen molar-refractivity contribution >= 4 is 0 Å². The highest BCUT2D eigenvalue weighted by molar-refractivity contribution is 5.22. The summed E-state index contributed by atoms with van der Waals surface area (Å²) in [5, 5.41) is 0. The van der Waals surface area contributed by atoms with Crippen LogP contribution in [0.5, 0.6) is 0 Å². The lowest BCUT2D eigenvalue weighted by atomic mass is 9.68. The van der Waals surface area contributed by atoms with E-state index >= 15 is 0 Å². The molecule has 23 heavy (non-hydrogen) atoms. The predicted molar refractivity (Wildman–Crippen MR) is 91.3 cm³/mol. The lowest BCUT2D eigenvalue weighted by Gasteiger charge is -2.37. The Labute approximate surface area is 139 Å². The van der Waals surface area contributed by atoms with Crippen molar-refractivity contribution in [3.63, 3.8) is 0 Å². The molecule has 0 radical (unpaired) electrons. The molecule has 3 rings (SSSR count). The first-order valence-electron chi connectivity index (χ1n) is 9.25. The first kappa shape index (κ1) is 16.7. The fourth-order valence-corrected chi connectivity index (χ4v) is 4.77. The number of allylic oxidation sites excluding steroid dienone is 2. The maximum absolute atomic E-state index is 13.4. The second kappa shape index (κ2) is 7.59. The van der Waals surface area contributed by atoms with Crippen molar-refractivity contribution in [2.75, 3.05) is 0 Å². The van der Waals surface area contributed by atoms with E-state index in [0.717, 1.165) is 36.2 Å². The molecule has 2 aliphatic rings. The van der Waals surface area contributed by atoms with Crippen molar-refractivity contribution in [3.8, 4) is 0 Å². The fourth-order valence-electron chi connectivity index (χ4n) is 4.77. The molecule has 0 saturated heterocycles. The van der Waals surface area contributed by atoms with Crippen molar-refractivity contribution in [1.82, 2.24) is 0 Å². The van der Waals surface area contributed by atoms with E-state index in [-0.39, 0.29) is 0 Å². The van der Waals surface area contributed by atoms with E-state index in [0.29, 0.717) is 5.92 Å². The van der Waals surface area contributed by atoms with Gasteiger partial charge in [0.25, 0.3) is 0 Å². The third kappa shape index (κ3) is 4.02. The highest BCUT2D eigenvalue weighted by Crippen LogP contribution is 2.44. The highest BCUT2D eigenvalue weighted by atomic mass is 19.2. The minimum atomic E-state index is -0.736. The number of halogens is 2. The summed E-state index contributed by atoms with van der Waals surface area (Å²) in [6.07, 6.45) is 14.8. The maximum atomic E-state index is 13.4. The largest absolute Gasteiger partial charge is 0.204 e. The molecule has 0 bridgehead atoms. The van der Waals surface area contributed by atoms with Crippen LogP contribution in [0.1, 0.15) is 69.8 Å². The predicted octanol–water partition coefficient (Wildman–Crippen LogP) is 6.62. The monoisotopic (exact) mass is 318 g/mol. The molecule has 0 nitrogen and oxygen atoms in total. The molecule has 2 saturated carbocycles. The third-order valence-electron chi connectivity index (χ3n) is 6.13. The van der Waals surface area contributed by atoms with E-state index < -0.39 is 11.6 Å². The average Bonchev–Trinajstić information content (AvgIpc) is 2.59. The molecule has 126 valence electrons. The Balaban J connectivity index is 1.51. The van der Waals surface area contributed by atoms with Crippen LogP contribution in [0, 0.1) is 29.4 Å². The van der Waals surface area contributed by atoms with Crippen molar-refractivity contribution in [1.29, 1.82) is 0 Å². The summed E-state index contributed by atoms with van der Waals surface area (Å²) in [6, 6.07) is 4.45. The van der Waals surface area contributed by atoms with Crippen molar-refractivity contribution < 1.29 is 8.78 Å². The second-order valence-electron chi connectivity index (χ2n) is 7.49. The smallest absolute Gasteiger partial charge is 0.159 e. The number of rotatable bonds is 3. The van der Waals surface area contributed by atoms with Gasteiger partial charge in [-0.3, -0.25) is 0 Å². The molecule has 0 N–H and O–H groups in total. The quantitative estimate of drug-likeness (QED) is 0.549. The van der Waals surface area contributed by atoms with Crippen molar-refractivity contribution in [2.45, 2.75) is 64.2 Å². The Morgan fingerprint density at radius 3 is 2.00 bits per heavy atom. The van der Waals surface area contributed by atoms with E-state index in [9.17, 15) is 8.78 Å². The zero-order valence-corrected chi connectivity index (χ0v) is 14.1. The molecule has 0 amide bonds. The van der Waals surface area contributed by atoms with Crippen LogP contribution in [-0.2, 0) is 0 Å². The lowest BCUT2D eigenvalue weighted by Crippen LogP contribution is -2.25. The van der Waals surface area contributed by atoms with Crippen molar-refractivity contribution in [2.24, 2.45) is 17.8 Å². The van der Waals surface area contributed by atoms with Crippen LogP contribution in [-0.4, -0.2) is 0 Å². The van der Waals surface area contributed by atoms with Gasteiger partial charge in [-0.25, -0.2) is 8.78 Å². The Hall–Kier alpha value is -1.18. The van der Waals surface area contributed by atoms with E-state index in [1.165, 1.54) is 50.7 Å². The van der Waals surface area contributed by atoms with Gasteiger partial charge in [0.05, 0.1) is 0 Å². The van der Waals surface area contributed by atoms with Gasteiger partial charge in [0.2, 0.25) is 0 Å². The summed E-state index contributed by atoms with van der Waals surface area (Å²) >= 11 is 0. The molecule has 0 aromatic heterocycles. The number of hydrogen-bond donors (Lipinski definition) is 0. The molecule has 2 fully saturated rings. The first-order chi connectivity index (χ1) is 11.2. The molecule has 0 spiro atoms. The summed E-state index contributed by atoms with van der Waals surface area (Å²) in [4.78, 5) is 0. The standard InChI is InChI=1S/C21H28F2/c1-2-3-15-4-6-16(7-5-15)17-8-10-18(11-9-17)19-12-13-20(22)21(23)14-19/h2-3,12-18H,4-11H2,1H3/b3-2+. The van der Waals surface area contributed by atoms with Gasteiger partial charge in [0.15, 0.2) is 11.6 Å². The number of benzene rings is 1. The fraction of sp³-hybridized carbons (Fsp3) is 0.619. The van der Waals surface area contributed by atoms with Gasteiger partial charge in [0, 0.05) is 0 Å². The Morgan fingerprint density at radius 2 is 1.43 bits per heavy atom. The van der Waals surface area contributed by atoms with E-state index in [1.54, 1.807) is 6.07 Å². The summed E-state index contributed by atoms with van der Waals surface area (Å²) < 4.78 is 26.5. The normalized spacial score (nSPS) is 32.3. The van der Waals surface area contributed by atoms with Crippen LogP contribution in [0.2, 0.25) is 0 Å². The van der Waals surface area contributed by atoms with Gasteiger partial charge < -0.3 is 0 Å². The molecule has 0 heterocycles. The van der Waals surface area contributed by atoms with Gasteiger partial charge in [-0.1, -0.05) is 18.2 Å². The third-order valence-corrected chi connectivity index (χ3v) is 6.13. The minimum absolute atomic E-state index is 0.417. The molecule has 1 aromatic rings. The zero-order chi connectivity index (χ0) is 16.2. The van der Waals surface area contributed by atoms with Crippen LogP contribution in [0.15, 0.2) is 30.4 Å². The molecule has 0 unspecified atom stereocenters. The van der Waals surface area contributed by atoms with Gasteiger partial charge in [-0.05, 0) is 99.7 Å². The summed E-state index contributed by atoms with van der Waals surface area (Å²) in [5.74, 6) is 1.52. The molecule has 2 heteroatoms. The Bertz CT molecular complexity index is 533. The van der Waals surface area contributed by atoms with Gasteiger partial charge >= 0.3 is 0 Å². The molecule has 1 aromatic carbocycles. The summed E-state index contributed by atoms with van der Waals surface area (Å²) in [5.41, 5.74) is 0.985. The summed E-state index contributed by atoms with van der Waals surface area (Å²) in [6.45, 7) is 2.12. The Kier molecular flexibility index (Phi) is 5.50. The topological polar surface area (TPSA) is 0 Å². The number of hydrogen-bond acceptors (Lipinski definition) is 0. The molecule has 0 aliphatic heterocycles. The first-order valence-corrected chi connectivity index (χ1v) is 9.25. The molecular formula is C21H28F2. The van der Waals surface area contributed by atoms with Gasteiger partial charge in [-0.2, -0.15) is 0 Å². The maximum Gasteiger partial charge on any atom is 0.159 e. The Morgan fingerprint density at radius 1 is 0.826 bits per heavy atom. The van der Waals surface area contributed by atoms with Crippen LogP contribution < -0.4 is 0 Å². The molecule has 2 aliphatic carbocycles. The van der Waals surface area contributed by atoms with Crippen LogP contribution in [0.3, 0.4) is 0 Å². The lowest BCUT2D eigenvalue weighted by molar-refractivity contribution is 0.171. The van der Waals surface area contributed by atoms with E-state index in [2.05, 4.69) is 19.1 Å². The molecule has 0 atom stereocenters. The molecular weight excluding hydrogens is 290 g/mol. The second-order valence-corrected chi connectivity index (χ2v) is 7.49. The summed E-state index contributed by atoms with van der Waals surface area (Å²) in [7, 11) is 0. The van der Waals surface area contributed by atoms with Gasteiger partial charge in [-0.15, -0.1) is 0 Å². The van der Waals surface area contributed by atoms with Crippen molar-refractivity contribution in [3.05, 3.63) is 47.5 Å². The zero-order valence-electron chi connectivity index (χ0n) is 14.1. The minimum Gasteiger partial charge on any atom is -0.204 e. The average molecular weight is 318 g/mol. The van der Waals surface area contributed by atoms with Crippen LogP contribution >= 0.6 is 0 Å². The SMILES string of the molecule is C/C=C/C1CCC(C2CCC(c3ccc(F)c(F)c3)CC2)CC1. The highest BCUT2D eigenvalue weighted by Gasteiger charge is 2.30. The van der Waals surface area contributed by atoms with Crippen LogP contribution in [0.4, 0.5) is 8.78 Å². The van der Waals surface area contributed by atoms with Crippen LogP contribution in [0.25, 0.3) is 0 Å². The van der Waals surface area contributed by atoms with Gasteiger partial charge in [0.1, 0.15) is 0 Å².